The van der Waals surface area contributed by atoms with Crippen molar-refractivity contribution in [3.63, 3.8) is 0 Å². The van der Waals surface area contributed by atoms with Crippen LogP contribution in [0.5, 0.6) is 0 Å². The summed E-state index contributed by atoms with van der Waals surface area (Å²) in [6.45, 7) is 6.02. The van der Waals surface area contributed by atoms with Gasteiger partial charge in [0.25, 0.3) is 11.8 Å². The molecule has 1 atom stereocenters. The third-order valence-corrected chi connectivity index (χ3v) is 7.92. The summed E-state index contributed by atoms with van der Waals surface area (Å²) in [4.78, 5) is 39.8. The number of amides is 3. The average Bonchev–Trinajstić information content (AvgIpc) is 2.98. The summed E-state index contributed by atoms with van der Waals surface area (Å²) >= 11 is 13.4. The number of carbonyl (C=O) groups is 3. The minimum absolute atomic E-state index is 0.107. The SMILES string of the molecule is CC(Sc1ccc(NC(=O)/C(=C/c2ccc(C(C)C)cc2)NC(=O)c2ccccc2)cc1)C(=O)Nc1cc(Cl)cc(Cl)c1. The van der Waals surface area contributed by atoms with Crippen molar-refractivity contribution in [2.24, 2.45) is 0 Å². The molecule has 43 heavy (non-hydrogen) atoms. The summed E-state index contributed by atoms with van der Waals surface area (Å²) in [5.41, 5.74) is 3.56. The fourth-order valence-electron chi connectivity index (χ4n) is 4.03. The van der Waals surface area contributed by atoms with Crippen molar-refractivity contribution in [3.8, 4) is 0 Å². The Bertz CT molecular complexity index is 1600. The van der Waals surface area contributed by atoms with Gasteiger partial charge in [0, 0.05) is 31.9 Å². The van der Waals surface area contributed by atoms with E-state index in [1.807, 2.05) is 42.5 Å². The van der Waals surface area contributed by atoms with Crippen LogP contribution in [-0.4, -0.2) is 23.0 Å². The van der Waals surface area contributed by atoms with Gasteiger partial charge in [0.15, 0.2) is 0 Å². The maximum absolute atomic E-state index is 13.4. The Labute approximate surface area is 265 Å². The monoisotopic (exact) mass is 631 g/mol. The standard InChI is InChI=1S/C34H31Cl2N3O3S/c1-21(2)24-11-9-23(10-12-24)17-31(39-33(41)25-7-5-4-6-8-25)34(42)37-28-13-15-30(16-14-28)43-22(3)32(40)38-29-19-26(35)18-27(36)20-29/h4-22H,1-3H3,(H,37,42)(H,38,40)(H,39,41)/b31-17-. The zero-order chi connectivity index (χ0) is 30.9. The molecule has 0 aromatic heterocycles. The Morgan fingerprint density at radius 1 is 0.744 bits per heavy atom. The second-order valence-electron chi connectivity index (χ2n) is 10.1. The quantitative estimate of drug-likeness (QED) is 0.121. The maximum Gasteiger partial charge on any atom is 0.272 e. The third kappa shape index (κ3) is 9.48. The number of hydrogen-bond donors (Lipinski definition) is 3. The topological polar surface area (TPSA) is 87.3 Å². The van der Waals surface area contributed by atoms with Gasteiger partial charge in [0.05, 0.1) is 5.25 Å². The van der Waals surface area contributed by atoms with E-state index in [1.165, 1.54) is 17.3 Å². The van der Waals surface area contributed by atoms with Gasteiger partial charge in [-0.15, -0.1) is 11.8 Å². The van der Waals surface area contributed by atoms with Crippen molar-refractivity contribution in [1.29, 1.82) is 0 Å². The Morgan fingerprint density at radius 2 is 1.37 bits per heavy atom. The van der Waals surface area contributed by atoms with Crippen molar-refractivity contribution in [1.82, 2.24) is 5.32 Å². The van der Waals surface area contributed by atoms with Gasteiger partial charge in [-0.05, 0) is 84.6 Å². The smallest absolute Gasteiger partial charge is 0.272 e. The lowest BCUT2D eigenvalue weighted by atomic mass is 10.0. The molecule has 0 bridgehead atoms. The van der Waals surface area contributed by atoms with Crippen LogP contribution in [0.25, 0.3) is 6.08 Å². The molecule has 220 valence electrons. The van der Waals surface area contributed by atoms with Gasteiger partial charge >= 0.3 is 0 Å². The van der Waals surface area contributed by atoms with Crippen LogP contribution in [-0.2, 0) is 9.59 Å². The minimum atomic E-state index is -0.467. The highest BCUT2D eigenvalue weighted by molar-refractivity contribution is 8.00. The lowest BCUT2D eigenvalue weighted by molar-refractivity contribution is -0.115. The van der Waals surface area contributed by atoms with Gasteiger partial charge < -0.3 is 16.0 Å². The number of hydrogen-bond acceptors (Lipinski definition) is 4. The molecule has 0 saturated carbocycles. The van der Waals surface area contributed by atoms with Crippen molar-refractivity contribution in [2.45, 2.75) is 36.8 Å². The summed E-state index contributed by atoms with van der Waals surface area (Å²) in [5, 5.41) is 8.90. The predicted octanol–water partition coefficient (Wildman–Crippen LogP) is 8.65. The van der Waals surface area contributed by atoms with Crippen LogP contribution >= 0.6 is 35.0 Å². The van der Waals surface area contributed by atoms with Gasteiger partial charge in [-0.3, -0.25) is 14.4 Å². The molecule has 6 nitrogen and oxygen atoms in total. The Hall–Kier alpha value is -4.04. The molecule has 0 saturated heterocycles. The highest BCUT2D eigenvalue weighted by Gasteiger charge is 2.17. The van der Waals surface area contributed by atoms with Crippen molar-refractivity contribution in [3.05, 3.63) is 129 Å². The number of carbonyl (C=O) groups excluding carboxylic acids is 3. The van der Waals surface area contributed by atoms with Crippen molar-refractivity contribution in [2.75, 3.05) is 10.6 Å². The van der Waals surface area contributed by atoms with Crippen LogP contribution < -0.4 is 16.0 Å². The zero-order valence-electron chi connectivity index (χ0n) is 23.9. The van der Waals surface area contributed by atoms with E-state index >= 15 is 0 Å². The molecule has 0 fully saturated rings. The van der Waals surface area contributed by atoms with Gasteiger partial charge in [0.2, 0.25) is 5.91 Å². The largest absolute Gasteiger partial charge is 0.325 e. The number of rotatable bonds is 10. The van der Waals surface area contributed by atoms with E-state index in [0.717, 1.165) is 10.5 Å². The first-order chi connectivity index (χ1) is 20.6. The molecule has 3 N–H and O–H groups in total. The fraction of sp³-hybridized carbons (Fsp3) is 0.147. The van der Waals surface area contributed by atoms with Crippen LogP contribution in [0.2, 0.25) is 10.0 Å². The fourth-order valence-corrected chi connectivity index (χ4v) is 5.42. The number of anilines is 2. The molecule has 0 heterocycles. The van der Waals surface area contributed by atoms with Gasteiger partial charge in [-0.1, -0.05) is 79.5 Å². The van der Waals surface area contributed by atoms with E-state index < -0.39 is 11.2 Å². The van der Waals surface area contributed by atoms with E-state index in [9.17, 15) is 14.4 Å². The molecule has 4 aromatic rings. The van der Waals surface area contributed by atoms with Crippen LogP contribution in [0, 0.1) is 0 Å². The van der Waals surface area contributed by atoms with Crippen molar-refractivity contribution >= 4 is 70.1 Å². The first kappa shape index (κ1) is 31.9. The molecule has 1 unspecified atom stereocenters. The molecule has 9 heteroatoms. The molecule has 3 amide bonds. The Kier molecular flexibility index (Phi) is 11.1. The summed E-state index contributed by atoms with van der Waals surface area (Å²) in [5.74, 6) is -0.685. The highest BCUT2D eigenvalue weighted by Crippen LogP contribution is 2.27. The predicted molar refractivity (Wildman–Crippen MR) is 178 cm³/mol. The number of benzene rings is 4. The normalized spacial score (nSPS) is 12.0. The molecule has 4 aromatic carbocycles. The molecule has 0 aliphatic carbocycles. The first-order valence-electron chi connectivity index (χ1n) is 13.6. The summed E-state index contributed by atoms with van der Waals surface area (Å²) < 4.78 is 0. The molecular formula is C34H31Cl2N3O3S. The lowest BCUT2D eigenvalue weighted by Crippen LogP contribution is -2.30. The van der Waals surface area contributed by atoms with Crippen molar-refractivity contribution < 1.29 is 14.4 Å². The van der Waals surface area contributed by atoms with E-state index in [1.54, 1.807) is 67.6 Å². The van der Waals surface area contributed by atoms with E-state index in [4.69, 9.17) is 23.2 Å². The van der Waals surface area contributed by atoms with Crippen LogP contribution in [0.1, 0.15) is 48.2 Å². The second-order valence-corrected chi connectivity index (χ2v) is 12.4. The molecule has 0 spiro atoms. The van der Waals surface area contributed by atoms with E-state index in [2.05, 4.69) is 29.8 Å². The summed E-state index contributed by atoms with van der Waals surface area (Å²) in [6.07, 6.45) is 1.65. The van der Waals surface area contributed by atoms with Gasteiger partial charge in [0.1, 0.15) is 5.70 Å². The van der Waals surface area contributed by atoms with E-state index in [-0.39, 0.29) is 17.5 Å². The second kappa shape index (κ2) is 14.9. The summed E-state index contributed by atoms with van der Waals surface area (Å²) in [7, 11) is 0. The van der Waals surface area contributed by atoms with Gasteiger partial charge in [-0.2, -0.15) is 0 Å². The van der Waals surface area contributed by atoms with Crippen LogP contribution in [0.3, 0.4) is 0 Å². The Balaban J connectivity index is 1.44. The average molecular weight is 633 g/mol. The third-order valence-electron chi connectivity index (χ3n) is 6.37. The molecule has 0 aliphatic heterocycles. The molecule has 4 rings (SSSR count). The lowest BCUT2D eigenvalue weighted by Gasteiger charge is -2.14. The number of halogens is 2. The highest BCUT2D eigenvalue weighted by atomic mass is 35.5. The minimum Gasteiger partial charge on any atom is -0.325 e. The summed E-state index contributed by atoms with van der Waals surface area (Å²) in [6, 6.07) is 28.5. The zero-order valence-corrected chi connectivity index (χ0v) is 26.2. The first-order valence-corrected chi connectivity index (χ1v) is 15.2. The van der Waals surface area contributed by atoms with Crippen LogP contribution in [0.4, 0.5) is 11.4 Å². The molecule has 0 aliphatic rings. The van der Waals surface area contributed by atoms with Gasteiger partial charge in [-0.25, -0.2) is 0 Å². The number of nitrogens with one attached hydrogen (secondary N) is 3. The molecular weight excluding hydrogens is 601 g/mol. The molecule has 0 radical (unpaired) electrons. The maximum atomic E-state index is 13.4. The number of thioether (sulfide) groups is 1. The Morgan fingerprint density at radius 3 is 1.98 bits per heavy atom. The van der Waals surface area contributed by atoms with Crippen LogP contribution in [0.15, 0.2) is 108 Å². The van der Waals surface area contributed by atoms with E-state index in [0.29, 0.717) is 32.9 Å².